The van der Waals surface area contributed by atoms with E-state index in [1.807, 2.05) is 6.92 Å². The first-order valence-electron chi connectivity index (χ1n) is 7.61. The van der Waals surface area contributed by atoms with Crippen LogP contribution in [-0.2, 0) is 4.74 Å². The summed E-state index contributed by atoms with van der Waals surface area (Å²) in [5.74, 6) is 0.876. The Bertz CT molecular complexity index is 240. The molecule has 0 aliphatic carbocycles. The zero-order valence-corrected chi connectivity index (χ0v) is 12.6. The molecule has 0 saturated carbocycles. The lowest BCUT2D eigenvalue weighted by Crippen LogP contribution is -2.39. The summed E-state index contributed by atoms with van der Waals surface area (Å²) in [6, 6.07) is 0. The highest BCUT2D eigenvalue weighted by Crippen LogP contribution is 2.07. The Labute approximate surface area is 117 Å². The van der Waals surface area contributed by atoms with Gasteiger partial charge in [-0.15, -0.1) is 0 Å². The van der Waals surface area contributed by atoms with Crippen LogP contribution in [0.25, 0.3) is 0 Å². The van der Waals surface area contributed by atoms with Gasteiger partial charge in [0, 0.05) is 26.7 Å². The summed E-state index contributed by atoms with van der Waals surface area (Å²) in [5.41, 5.74) is 0. The van der Waals surface area contributed by atoms with Gasteiger partial charge < -0.3 is 20.3 Å². The first kappa shape index (κ1) is 16.2. The normalized spacial score (nSPS) is 16.8. The number of hydrogen-bond donors (Lipinski definition) is 2. The molecule has 1 heterocycles. The Morgan fingerprint density at radius 3 is 2.58 bits per heavy atom. The topological polar surface area (TPSA) is 48.9 Å². The van der Waals surface area contributed by atoms with E-state index in [0.717, 1.165) is 32.3 Å². The van der Waals surface area contributed by atoms with Gasteiger partial charge in [-0.05, 0) is 52.2 Å². The smallest absolute Gasteiger partial charge is 0.191 e. The summed E-state index contributed by atoms with van der Waals surface area (Å²) in [6.07, 6.45) is 5.23. The minimum Gasteiger partial charge on any atom is -0.380 e. The fraction of sp³-hybridized carbons (Fsp3) is 0.929. The van der Waals surface area contributed by atoms with E-state index >= 15 is 0 Å². The van der Waals surface area contributed by atoms with Gasteiger partial charge in [-0.1, -0.05) is 0 Å². The van der Waals surface area contributed by atoms with Gasteiger partial charge in [0.2, 0.25) is 0 Å². The van der Waals surface area contributed by atoms with Gasteiger partial charge in [-0.25, -0.2) is 0 Å². The SMILES string of the molecule is CCOCCNC(=NC)NCCCCN1CCCC1. The number of aliphatic imine (C=N–C) groups is 1. The molecule has 0 aromatic carbocycles. The summed E-state index contributed by atoms with van der Waals surface area (Å²) in [7, 11) is 1.81. The molecule has 0 amide bonds. The highest BCUT2D eigenvalue weighted by molar-refractivity contribution is 5.79. The van der Waals surface area contributed by atoms with E-state index < -0.39 is 0 Å². The molecule has 1 rings (SSSR count). The molecule has 19 heavy (non-hydrogen) atoms. The van der Waals surface area contributed by atoms with Crippen molar-refractivity contribution in [2.75, 3.05) is 53.0 Å². The van der Waals surface area contributed by atoms with Gasteiger partial charge in [-0.3, -0.25) is 4.99 Å². The van der Waals surface area contributed by atoms with Crippen molar-refractivity contribution in [2.24, 2.45) is 4.99 Å². The predicted molar refractivity (Wildman–Crippen MR) is 80.8 cm³/mol. The van der Waals surface area contributed by atoms with Crippen LogP contribution in [0.4, 0.5) is 0 Å². The standard InChI is InChI=1S/C14H30N4O/c1-3-19-13-9-17-14(15-2)16-8-4-5-10-18-11-6-7-12-18/h3-13H2,1-2H3,(H2,15,16,17). The largest absolute Gasteiger partial charge is 0.380 e. The van der Waals surface area contributed by atoms with Crippen molar-refractivity contribution in [3.63, 3.8) is 0 Å². The molecule has 1 fully saturated rings. The van der Waals surface area contributed by atoms with Crippen LogP contribution in [-0.4, -0.2) is 63.8 Å². The van der Waals surface area contributed by atoms with Crippen LogP contribution in [0.1, 0.15) is 32.6 Å². The third-order valence-corrected chi connectivity index (χ3v) is 3.36. The Hall–Kier alpha value is -0.810. The van der Waals surface area contributed by atoms with Crippen LogP contribution >= 0.6 is 0 Å². The maximum Gasteiger partial charge on any atom is 0.191 e. The molecule has 0 aromatic rings. The van der Waals surface area contributed by atoms with E-state index in [1.54, 1.807) is 7.05 Å². The van der Waals surface area contributed by atoms with Crippen molar-refractivity contribution >= 4 is 5.96 Å². The molecule has 0 radical (unpaired) electrons. The molecule has 1 saturated heterocycles. The molecule has 2 N–H and O–H groups in total. The van der Waals surface area contributed by atoms with Crippen LogP contribution in [0.15, 0.2) is 4.99 Å². The third kappa shape index (κ3) is 8.06. The van der Waals surface area contributed by atoms with Crippen molar-refractivity contribution < 1.29 is 4.74 Å². The molecule has 5 heteroatoms. The number of ether oxygens (including phenoxy) is 1. The van der Waals surface area contributed by atoms with Gasteiger partial charge in [0.15, 0.2) is 5.96 Å². The Kier molecular flexibility index (Phi) is 9.45. The van der Waals surface area contributed by atoms with Crippen molar-refractivity contribution in [2.45, 2.75) is 32.6 Å². The molecule has 0 atom stereocenters. The minimum absolute atomic E-state index is 0.728. The Morgan fingerprint density at radius 2 is 1.89 bits per heavy atom. The van der Waals surface area contributed by atoms with Crippen molar-refractivity contribution in [3.8, 4) is 0 Å². The fourth-order valence-electron chi connectivity index (χ4n) is 2.28. The van der Waals surface area contributed by atoms with Gasteiger partial charge in [0.1, 0.15) is 0 Å². The monoisotopic (exact) mass is 270 g/mol. The minimum atomic E-state index is 0.728. The third-order valence-electron chi connectivity index (χ3n) is 3.36. The van der Waals surface area contributed by atoms with E-state index in [-0.39, 0.29) is 0 Å². The van der Waals surface area contributed by atoms with Crippen molar-refractivity contribution in [1.29, 1.82) is 0 Å². The number of rotatable bonds is 9. The van der Waals surface area contributed by atoms with Gasteiger partial charge in [-0.2, -0.15) is 0 Å². The number of guanidine groups is 1. The summed E-state index contributed by atoms with van der Waals surface area (Å²) in [4.78, 5) is 6.75. The lowest BCUT2D eigenvalue weighted by Gasteiger charge is -2.15. The van der Waals surface area contributed by atoms with E-state index in [9.17, 15) is 0 Å². The number of likely N-dealkylation sites (tertiary alicyclic amines) is 1. The molecule has 0 bridgehead atoms. The van der Waals surface area contributed by atoms with Gasteiger partial charge in [0.05, 0.1) is 6.61 Å². The van der Waals surface area contributed by atoms with Crippen LogP contribution in [0.3, 0.4) is 0 Å². The molecule has 5 nitrogen and oxygen atoms in total. The number of nitrogens with zero attached hydrogens (tertiary/aromatic N) is 2. The Morgan fingerprint density at radius 1 is 1.16 bits per heavy atom. The maximum atomic E-state index is 5.28. The molecule has 0 unspecified atom stereocenters. The Balaban J connectivity index is 1.93. The van der Waals surface area contributed by atoms with Crippen LogP contribution in [0.5, 0.6) is 0 Å². The zero-order valence-electron chi connectivity index (χ0n) is 12.6. The number of hydrogen-bond acceptors (Lipinski definition) is 3. The average molecular weight is 270 g/mol. The van der Waals surface area contributed by atoms with Crippen molar-refractivity contribution in [1.82, 2.24) is 15.5 Å². The van der Waals surface area contributed by atoms with Gasteiger partial charge >= 0.3 is 0 Å². The summed E-state index contributed by atoms with van der Waals surface area (Å²) in [6.45, 7) is 9.15. The molecule has 0 spiro atoms. The molecule has 112 valence electrons. The van der Waals surface area contributed by atoms with Crippen LogP contribution < -0.4 is 10.6 Å². The average Bonchev–Trinajstić information content (AvgIpc) is 2.94. The molecular formula is C14H30N4O. The van der Waals surface area contributed by atoms with E-state index in [2.05, 4.69) is 20.5 Å². The van der Waals surface area contributed by atoms with E-state index in [4.69, 9.17) is 4.74 Å². The maximum absolute atomic E-state index is 5.28. The summed E-state index contributed by atoms with van der Waals surface area (Å²) in [5, 5.41) is 6.58. The number of nitrogens with one attached hydrogen (secondary N) is 2. The first-order valence-corrected chi connectivity index (χ1v) is 7.61. The van der Waals surface area contributed by atoms with Crippen LogP contribution in [0, 0.1) is 0 Å². The van der Waals surface area contributed by atoms with Gasteiger partial charge in [0.25, 0.3) is 0 Å². The molecule has 1 aliphatic rings. The number of unbranched alkanes of at least 4 members (excludes halogenated alkanes) is 1. The molecule has 1 aliphatic heterocycles. The second kappa shape index (κ2) is 11.1. The lowest BCUT2D eigenvalue weighted by molar-refractivity contribution is 0.152. The first-order chi connectivity index (χ1) is 9.36. The second-order valence-corrected chi connectivity index (χ2v) is 4.88. The quantitative estimate of drug-likeness (QED) is 0.374. The van der Waals surface area contributed by atoms with Crippen LogP contribution in [0.2, 0.25) is 0 Å². The fourth-order valence-corrected chi connectivity index (χ4v) is 2.28. The van der Waals surface area contributed by atoms with E-state index in [0.29, 0.717) is 0 Å². The predicted octanol–water partition coefficient (Wildman–Crippen LogP) is 1.06. The molecule has 0 aromatic heterocycles. The van der Waals surface area contributed by atoms with E-state index in [1.165, 1.54) is 45.3 Å². The summed E-state index contributed by atoms with van der Waals surface area (Å²) >= 11 is 0. The highest BCUT2D eigenvalue weighted by Gasteiger charge is 2.09. The highest BCUT2D eigenvalue weighted by atomic mass is 16.5. The second-order valence-electron chi connectivity index (χ2n) is 4.88. The summed E-state index contributed by atoms with van der Waals surface area (Å²) < 4.78 is 5.28. The lowest BCUT2D eigenvalue weighted by atomic mass is 10.3. The molecular weight excluding hydrogens is 240 g/mol. The zero-order chi connectivity index (χ0) is 13.8. The van der Waals surface area contributed by atoms with Crippen molar-refractivity contribution in [3.05, 3.63) is 0 Å².